The second-order valence-electron chi connectivity index (χ2n) is 9.08. The van der Waals surface area contributed by atoms with E-state index in [9.17, 15) is 14.4 Å². The number of piperidine rings is 1. The van der Waals surface area contributed by atoms with Gasteiger partial charge in [-0.05, 0) is 63.1 Å². The van der Waals surface area contributed by atoms with Gasteiger partial charge < -0.3 is 24.8 Å². The molecule has 2 aromatic rings. The molecule has 0 aliphatic carbocycles. The van der Waals surface area contributed by atoms with E-state index in [1.165, 1.54) is 0 Å². The van der Waals surface area contributed by atoms with Crippen molar-refractivity contribution in [1.29, 1.82) is 0 Å². The van der Waals surface area contributed by atoms with Crippen LogP contribution in [0.25, 0.3) is 0 Å². The highest BCUT2D eigenvalue weighted by molar-refractivity contribution is 5.98. The van der Waals surface area contributed by atoms with Crippen LogP contribution in [0.4, 0.5) is 11.5 Å². The average molecular weight is 494 g/mol. The van der Waals surface area contributed by atoms with E-state index in [1.54, 1.807) is 42.3 Å². The van der Waals surface area contributed by atoms with Gasteiger partial charge in [-0.3, -0.25) is 14.4 Å². The monoisotopic (exact) mass is 493 g/mol. The fourth-order valence-corrected chi connectivity index (χ4v) is 4.80. The minimum atomic E-state index is -0.175. The SMILES string of the molecule is CCNc1cccnc1N1CCN(C(=O)c2ccc(C(=O)N3CCC(C(=O)OCC)CC3)cc2)CC1. The third kappa shape index (κ3) is 5.78. The summed E-state index contributed by atoms with van der Waals surface area (Å²) in [6, 6.07) is 10.8. The number of nitrogens with one attached hydrogen (secondary N) is 1. The van der Waals surface area contributed by atoms with Crippen molar-refractivity contribution in [1.82, 2.24) is 14.8 Å². The summed E-state index contributed by atoms with van der Waals surface area (Å²) in [4.78, 5) is 48.3. The van der Waals surface area contributed by atoms with Gasteiger partial charge in [-0.2, -0.15) is 0 Å². The molecule has 2 saturated heterocycles. The van der Waals surface area contributed by atoms with Crippen molar-refractivity contribution in [3.63, 3.8) is 0 Å². The maximum absolute atomic E-state index is 13.1. The highest BCUT2D eigenvalue weighted by Crippen LogP contribution is 2.24. The lowest BCUT2D eigenvalue weighted by molar-refractivity contribution is -0.149. The summed E-state index contributed by atoms with van der Waals surface area (Å²) in [5.74, 6) is 0.502. The smallest absolute Gasteiger partial charge is 0.309 e. The Morgan fingerprint density at radius 2 is 1.47 bits per heavy atom. The van der Waals surface area contributed by atoms with Crippen LogP contribution in [0.3, 0.4) is 0 Å². The molecule has 1 N–H and O–H groups in total. The number of piperazine rings is 1. The first-order valence-electron chi connectivity index (χ1n) is 12.8. The molecule has 2 fully saturated rings. The molecule has 0 spiro atoms. The van der Waals surface area contributed by atoms with Crippen LogP contribution in [0.5, 0.6) is 0 Å². The number of aromatic nitrogens is 1. The molecule has 0 bridgehead atoms. The molecular weight excluding hydrogens is 458 g/mol. The van der Waals surface area contributed by atoms with Gasteiger partial charge in [0.2, 0.25) is 0 Å². The normalized spacial score (nSPS) is 16.6. The highest BCUT2D eigenvalue weighted by Gasteiger charge is 2.29. The number of esters is 1. The lowest BCUT2D eigenvalue weighted by Crippen LogP contribution is -2.49. The Bertz CT molecular complexity index is 1060. The fourth-order valence-electron chi connectivity index (χ4n) is 4.80. The Balaban J connectivity index is 1.30. The predicted molar refractivity (Wildman–Crippen MR) is 138 cm³/mol. The number of carbonyl (C=O) groups is 3. The number of rotatable bonds is 7. The number of anilines is 2. The first-order chi connectivity index (χ1) is 17.5. The minimum Gasteiger partial charge on any atom is -0.466 e. The fraction of sp³-hybridized carbons (Fsp3) is 0.481. The van der Waals surface area contributed by atoms with Crippen molar-refractivity contribution in [3.8, 4) is 0 Å². The van der Waals surface area contributed by atoms with Crippen molar-refractivity contribution in [3.05, 3.63) is 53.7 Å². The maximum atomic E-state index is 13.1. The van der Waals surface area contributed by atoms with Gasteiger partial charge >= 0.3 is 5.97 Å². The number of ether oxygens (including phenoxy) is 1. The Morgan fingerprint density at radius 1 is 0.889 bits per heavy atom. The lowest BCUT2D eigenvalue weighted by Gasteiger charge is -2.36. The van der Waals surface area contributed by atoms with E-state index in [0.717, 1.165) is 18.1 Å². The third-order valence-corrected chi connectivity index (χ3v) is 6.80. The molecule has 0 radical (unpaired) electrons. The van der Waals surface area contributed by atoms with Crippen molar-refractivity contribution < 1.29 is 19.1 Å². The van der Waals surface area contributed by atoms with E-state index in [4.69, 9.17) is 4.74 Å². The number of nitrogens with zero attached hydrogens (tertiary/aromatic N) is 4. The van der Waals surface area contributed by atoms with Crippen LogP contribution >= 0.6 is 0 Å². The first-order valence-corrected chi connectivity index (χ1v) is 12.8. The van der Waals surface area contributed by atoms with E-state index >= 15 is 0 Å². The topological polar surface area (TPSA) is 95.1 Å². The van der Waals surface area contributed by atoms with E-state index in [0.29, 0.717) is 69.8 Å². The van der Waals surface area contributed by atoms with E-state index < -0.39 is 0 Å². The minimum absolute atomic E-state index is 0.0307. The first kappa shape index (κ1) is 25.5. The Hall–Kier alpha value is -3.62. The van der Waals surface area contributed by atoms with Gasteiger partial charge in [0.15, 0.2) is 5.82 Å². The summed E-state index contributed by atoms with van der Waals surface area (Å²) in [5, 5.41) is 3.35. The highest BCUT2D eigenvalue weighted by atomic mass is 16.5. The summed E-state index contributed by atoms with van der Waals surface area (Å²) in [5.41, 5.74) is 2.13. The standard InChI is InChI=1S/C27H35N5O4/c1-3-28-23-6-5-13-29-24(23)30-16-18-32(19-17-30)26(34)21-9-7-20(8-10-21)25(33)31-14-11-22(12-15-31)27(35)36-4-2/h5-10,13,22,28H,3-4,11-12,14-19H2,1-2H3. The van der Waals surface area contributed by atoms with Crippen LogP contribution in [0.15, 0.2) is 42.6 Å². The molecule has 36 heavy (non-hydrogen) atoms. The van der Waals surface area contributed by atoms with E-state index in [1.807, 2.05) is 17.0 Å². The Morgan fingerprint density at radius 3 is 2.03 bits per heavy atom. The molecule has 4 rings (SSSR count). The van der Waals surface area contributed by atoms with Crippen molar-refractivity contribution in [2.75, 3.05) is 62.6 Å². The van der Waals surface area contributed by atoms with Gasteiger partial charge in [-0.15, -0.1) is 0 Å². The number of benzene rings is 1. The zero-order valence-electron chi connectivity index (χ0n) is 21.1. The van der Waals surface area contributed by atoms with Crippen LogP contribution < -0.4 is 10.2 Å². The molecule has 2 aliphatic heterocycles. The van der Waals surface area contributed by atoms with Gasteiger partial charge in [0.1, 0.15) is 0 Å². The van der Waals surface area contributed by atoms with Crippen molar-refractivity contribution in [2.45, 2.75) is 26.7 Å². The third-order valence-electron chi connectivity index (χ3n) is 6.80. The molecule has 0 saturated carbocycles. The largest absolute Gasteiger partial charge is 0.466 e. The van der Waals surface area contributed by atoms with E-state index in [-0.39, 0.29) is 23.7 Å². The summed E-state index contributed by atoms with van der Waals surface area (Å²) in [6.45, 7) is 8.74. The molecular formula is C27H35N5O4. The average Bonchev–Trinajstić information content (AvgIpc) is 2.93. The number of hydrogen-bond acceptors (Lipinski definition) is 7. The molecule has 9 heteroatoms. The molecule has 2 aliphatic rings. The number of carbonyl (C=O) groups excluding carboxylic acids is 3. The number of likely N-dealkylation sites (tertiary alicyclic amines) is 1. The summed E-state index contributed by atoms with van der Waals surface area (Å²) in [6.07, 6.45) is 3.02. The second-order valence-corrected chi connectivity index (χ2v) is 9.08. The number of pyridine rings is 1. The molecule has 0 unspecified atom stereocenters. The molecule has 3 heterocycles. The maximum Gasteiger partial charge on any atom is 0.309 e. The van der Waals surface area contributed by atoms with Crippen LogP contribution in [0.1, 0.15) is 47.4 Å². The number of amides is 2. The van der Waals surface area contributed by atoms with Crippen molar-refractivity contribution in [2.24, 2.45) is 5.92 Å². The molecule has 1 aromatic carbocycles. The second kappa shape index (κ2) is 11.9. The van der Waals surface area contributed by atoms with Crippen LogP contribution in [-0.4, -0.2) is 85.0 Å². The van der Waals surface area contributed by atoms with Gasteiger partial charge in [0.25, 0.3) is 11.8 Å². The Kier molecular flexibility index (Phi) is 8.40. The Labute approximate surface area is 212 Å². The van der Waals surface area contributed by atoms with Gasteiger partial charge in [-0.25, -0.2) is 4.98 Å². The quantitative estimate of drug-likeness (QED) is 0.593. The van der Waals surface area contributed by atoms with Crippen molar-refractivity contribution >= 4 is 29.3 Å². The zero-order chi connectivity index (χ0) is 25.5. The molecule has 1 aromatic heterocycles. The van der Waals surface area contributed by atoms with Crippen LogP contribution in [-0.2, 0) is 9.53 Å². The molecule has 2 amide bonds. The van der Waals surface area contributed by atoms with Gasteiger partial charge in [0.05, 0.1) is 18.2 Å². The number of hydrogen-bond donors (Lipinski definition) is 1. The molecule has 0 atom stereocenters. The molecule has 9 nitrogen and oxygen atoms in total. The molecule has 192 valence electrons. The zero-order valence-corrected chi connectivity index (χ0v) is 21.1. The predicted octanol–water partition coefficient (Wildman–Crippen LogP) is 2.89. The summed E-state index contributed by atoms with van der Waals surface area (Å²) >= 11 is 0. The lowest BCUT2D eigenvalue weighted by atomic mass is 9.96. The van der Waals surface area contributed by atoms with Gasteiger partial charge in [-0.1, -0.05) is 0 Å². The van der Waals surface area contributed by atoms with Gasteiger partial charge in [0, 0.05) is 63.1 Å². The summed E-state index contributed by atoms with van der Waals surface area (Å²) in [7, 11) is 0. The van der Waals surface area contributed by atoms with E-state index in [2.05, 4.69) is 22.1 Å². The van der Waals surface area contributed by atoms with Crippen LogP contribution in [0.2, 0.25) is 0 Å². The summed E-state index contributed by atoms with van der Waals surface area (Å²) < 4.78 is 5.10. The van der Waals surface area contributed by atoms with Crippen LogP contribution in [0, 0.1) is 5.92 Å².